The summed E-state index contributed by atoms with van der Waals surface area (Å²) in [5, 5.41) is 12.5. The van der Waals surface area contributed by atoms with Crippen LogP contribution in [0.5, 0.6) is 0 Å². The van der Waals surface area contributed by atoms with Gasteiger partial charge in [-0.15, -0.1) is 5.10 Å². The van der Waals surface area contributed by atoms with Crippen LogP contribution in [-0.2, 0) is 0 Å². The average molecular weight is 266 g/mol. The Labute approximate surface area is 111 Å². The summed E-state index contributed by atoms with van der Waals surface area (Å²) in [5.74, 6) is 0.663. The van der Waals surface area contributed by atoms with Crippen LogP contribution in [0.15, 0.2) is 18.2 Å². The van der Waals surface area contributed by atoms with Crippen molar-refractivity contribution in [1.29, 1.82) is 0 Å². The minimum atomic E-state index is 0.235. The molecule has 0 aliphatic rings. The van der Waals surface area contributed by atoms with E-state index >= 15 is 0 Å². The second-order valence-corrected chi connectivity index (χ2v) is 4.75. The highest BCUT2D eigenvalue weighted by atomic mass is 35.5. The molecule has 18 heavy (non-hydrogen) atoms. The predicted molar refractivity (Wildman–Crippen MR) is 72.3 cm³/mol. The summed E-state index contributed by atoms with van der Waals surface area (Å²) < 4.78 is 1.80. The summed E-state index contributed by atoms with van der Waals surface area (Å²) in [5.41, 5.74) is 7.35. The van der Waals surface area contributed by atoms with Crippen molar-refractivity contribution in [1.82, 2.24) is 20.2 Å². The number of aromatic nitrogens is 4. The van der Waals surface area contributed by atoms with Gasteiger partial charge in [-0.2, -0.15) is 0 Å². The van der Waals surface area contributed by atoms with Crippen molar-refractivity contribution >= 4 is 17.3 Å². The molecule has 1 atom stereocenters. The van der Waals surface area contributed by atoms with Crippen LogP contribution < -0.4 is 5.73 Å². The summed E-state index contributed by atoms with van der Waals surface area (Å²) in [6.45, 7) is 4.22. The lowest BCUT2D eigenvalue weighted by Crippen LogP contribution is -2.09. The number of benzene rings is 1. The maximum absolute atomic E-state index is 5.99. The largest absolute Gasteiger partial charge is 0.398 e. The first kappa shape index (κ1) is 12.8. The highest BCUT2D eigenvalue weighted by Gasteiger charge is 2.16. The first-order valence-corrected chi connectivity index (χ1v) is 6.34. The molecule has 6 heteroatoms. The summed E-state index contributed by atoms with van der Waals surface area (Å²) in [6, 6.07) is 5.54. The summed E-state index contributed by atoms with van der Waals surface area (Å²) in [7, 11) is 0. The number of halogens is 1. The van der Waals surface area contributed by atoms with Gasteiger partial charge in [-0.05, 0) is 42.0 Å². The molecule has 0 spiro atoms. The van der Waals surface area contributed by atoms with E-state index in [2.05, 4.69) is 29.4 Å². The molecule has 1 aromatic carbocycles. The molecule has 0 saturated carbocycles. The van der Waals surface area contributed by atoms with Crippen LogP contribution in [-0.4, -0.2) is 20.2 Å². The van der Waals surface area contributed by atoms with Crippen LogP contribution in [0.4, 0.5) is 5.69 Å². The molecule has 0 fully saturated rings. The molecule has 0 saturated heterocycles. The van der Waals surface area contributed by atoms with Crippen LogP contribution in [0, 0.1) is 0 Å². The molecule has 96 valence electrons. The minimum absolute atomic E-state index is 0.235. The quantitative estimate of drug-likeness (QED) is 0.863. The third-order valence-electron chi connectivity index (χ3n) is 2.87. The molecule has 2 rings (SSSR count). The summed E-state index contributed by atoms with van der Waals surface area (Å²) in [4.78, 5) is 0. The molecule has 0 aliphatic carbocycles. The Morgan fingerprint density at radius 2 is 2.22 bits per heavy atom. The Morgan fingerprint density at radius 3 is 2.94 bits per heavy atom. The predicted octanol–water partition coefficient (Wildman–Crippen LogP) is 2.94. The van der Waals surface area contributed by atoms with Gasteiger partial charge < -0.3 is 5.73 Å². The van der Waals surface area contributed by atoms with Crippen molar-refractivity contribution in [2.45, 2.75) is 32.7 Å². The van der Waals surface area contributed by atoms with Crippen molar-refractivity contribution in [3.05, 3.63) is 23.2 Å². The molecule has 1 aromatic heterocycles. The average Bonchev–Trinajstić information content (AvgIpc) is 2.81. The van der Waals surface area contributed by atoms with E-state index in [0.717, 1.165) is 18.4 Å². The van der Waals surface area contributed by atoms with Crippen LogP contribution >= 0.6 is 11.6 Å². The molecule has 0 aliphatic heterocycles. The fraction of sp³-hybridized carbons (Fsp3) is 0.417. The second-order valence-electron chi connectivity index (χ2n) is 4.32. The third-order valence-corrected chi connectivity index (χ3v) is 3.11. The van der Waals surface area contributed by atoms with Gasteiger partial charge in [0.05, 0.1) is 6.04 Å². The monoisotopic (exact) mass is 265 g/mol. The van der Waals surface area contributed by atoms with E-state index in [0.29, 0.717) is 16.5 Å². The van der Waals surface area contributed by atoms with E-state index in [1.165, 1.54) is 0 Å². The van der Waals surface area contributed by atoms with Crippen molar-refractivity contribution in [3.63, 3.8) is 0 Å². The van der Waals surface area contributed by atoms with E-state index in [9.17, 15) is 0 Å². The molecule has 2 N–H and O–H groups in total. The van der Waals surface area contributed by atoms with Gasteiger partial charge in [0.25, 0.3) is 0 Å². The molecule has 2 aromatic rings. The van der Waals surface area contributed by atoms with Gasteiger partial charge in [-0.3, -0.25) is 0 Å². The highest BCUT2D eigenvalue weighted by Crippen LogP contribution is 2.28. The Morgan fingerprint density at radius 1 is 1.44 bits per heavy atom. The molecule has 0 radical (unpaired) electrons. The first-order valence-electron chi connectivity index (χ1n) is 5.96. The van der Waals surface area contributed by atoms with Gasteiger partial charge in [0, 0.05) is 16.3 Å². The van der Waals surface area contributed by atoms with Gasteiger partial charge in [-0.1, -0.05) is 24.9 Å². The normalized spacial score (nSPS) is 12.6. The topological polar surface area (TPSA) is 69.6 Å². The van der Waals surface area contributed by atoms with Gasteiger partial charge in [0.1, 0.15) is 0 Å². The number of nitrogens with two attached hydrogens (primary N) is 1. The molecular weight excluding hydrogens is 250 g/mol. The molecule has 5 nitrogen and oxygen atoms in total. The van der Waals surface area contributed by atoms with E-state index < -0.39 is 0 Å². The van der Waals surface area contributed by atoms with Gasteiger partial charge in [-0.25, -0.2) is 4.68 Å². The SMILES string of the molecule is CCCC(C)n1nnnc1-c1cc(Cl)ccc1N. The highest BCUT2D eigenvalue weighted by molar-refractivity contribution is 6.31. The maximum atomic E-state index is 5.99. The lowest BCUT2D eigenvalue weighted by molar-refractivity contribution is 0.447. The van der Waals surface area contributed by atoms with Gasteiger partial charge in [0.15, 0.2) is 5.82 Å². The third kappa shape index (κ3) is 2.46. The summed E-state index contributed by atoms with van der Waals surface area (Å²) >= 11 is 5.99. The molecule has 1 heterocycles. The lowest BCUT2D eigenvalue weighted by atomic mass is 10.1. The number of rotatable bonds is 4. The number of hydrogen-bond donors (Lipinski definition) is 1. The van der Waals surface area contributed by atoms with E-state index in [4.69, 9.17) is 17.3 Å². The maximum Gasteiger partial charge on any atom is 0.184 e. The zero-order chi connectivity index (χ0) is 13.1. The molecule has 0 amide bonds. The molecule has 1 unspecified atom stereocenters. The van der Waals surface area contributed by atoms with Gasteiger partial charge in [0.2, 0.25) is 0 Å². The minimum Gasteiger partial charge on any atom is -0.398 e. The summed E-state index contributed by atoms with van der Waals surface area (Å²) in [6.07, 6.45) is 2.09. The molecular formula is C12H16ClN5. The number of hydrogen-bond acceptors (Lipinski definition) is 4. The van der Waals surface area contributed by atoms with E-state index in [-0.39, 0.29) is 6.04 Å². The standard InChI is InChI=1S/C12H16ClN5/c1-3-4-8(2)18-12(15-16-17-18)10-7-9(13)5-6-11(10)14/h5-8H,3-4,14H2,1-2H3. The van der Waals surface area contributed by atoms with Gasteiger partial charge >= 0.3 is 0 Å². The van der Waals surface area contributed by atoms with Crippen LogP contribution in [0.25, 0.3) is 11.4 Å². The van der Waals surface area contributed by atoms with Crippen molar-refractivity contribution in [3.8, 4) is 11.4 Å². The zero-order valence-electron chi connectivity index (χ0n) is 10.5. The fourth-order valence-corrected chi connectivity index (χ4v) is 2.10. The van der Waals surface area contributed by atoms with Crippen LogP contribution in [0.2, 0.25) is 5.02 Å². The second kappa shape index (κ2) is 5.35. The Balaban J connectivity index is 2.45. The Hall–Kier alpha value is -1.62. The smallest absolute Gasteiger partial charge is 0.184 e. The van der Waals surface area contributed by atoms with Crippen LogP contribution in [0.3, 0.4) is 0 Å². The van der Waals surface area contributed by atoms with Crippen LogP contribution in [0.1, 0.15) is 32.7 Å². The molecule has 0 bridgehead atoms. The zero-order valence-corrected chi connectivity index (χ0v) is 11.2. The van der Waals surface area contributed by atoms with E-state index in [1.54, 1.807) is 22.9 Å². The van der Waals surface area contributed by atoms with Crippen molar-refractivity contribution in [2.24, 2.45) is 0 Å². The fourth-order valence-electron chi connectivity index (χ4n) is 1.93. The Bertz CT molecular complexity index is 537. The number of anilines is 1. The number of tetrazole rings is 1. The van der Waals surface area contributed by atoms with Crippen molar-refractivity contribution in [2.75, 3.05) is 5.73 Å². The lowest BCUT2D eigenvalue weighted by Gasteiger charge is -2.13. The Kier molecular flexibility index (Phi) is 3.81. The number of nitrogens with zero attached hydrogens (tertiary/aromatic N) is 4. The number of nitrogen functional groups attached to an aromatic ring is 1. The first-order chi connectivity index (χ1) is 8.63. The van der Waals surface area contributed by atoms with E-state index in [1.807, 2.05) is 0 Å². The van der Waals surface area contributed by atoms with Crippen molar-refractivity contribution < 1.29 is 0 Å².